The summed E-state index contributed by atoms with van der Waals surface area (Å²) in [6, 6.07) is 22.5. The van der Waals surface area contributed by atoms with Gasteiger partial charge in [-0.15, -0.1) is 5.10 Å². The minimum atomic E-state index is -0.453. The van der Waals surface area contributed by atoms with Crippen LogP contribution in [0.3, 0.4) is 0 Å². The fraction of sp³-hybridized carbons (Fsp3) is 0.276. The van der Waals surface area contributed by atoms with Crippen molar-refractivity contribution in [3.8, 4) is 5.95 Å². The minimum absolute atomic E-state index is 0.341. The fourth-order valence-corrected chi connectivity index (χ4v) is 5.89. The number of nitrogens with one attached hydrogen (secondary N) is 1. The minimum Gasteiger partial charge on any atom is -0.375 e. The van der Waals surface area contributed by atoms with Crippen LogP contribution in [0.5, 0.6) is 0 Å². The van der Waals surface area contributed by atoms with Crippen molar-refractivity contribution in [2.45, 2.75) is 38.6 Å². The molecule has 0 saturated carbocycles. The van der Waals surface area contributed by atoms with Crippen LogP contribution < -0.4 is 11.1 Å². The Balaban J connectivity index is 1.35. The Hall–Kier alpha value is -4.21. The quantitative estimate of drug-likeness (QED) is 0.349. The van der Waals surface area contributed by atoms with Gasteiger partial charge in [0.25, 0.3) is 5.95 Å². The first-order chi connectivity index (χ1) is 18.5. The van der Waals surface area contributed by atoms with E-state index in [1.54, 1.807) is 6.07 Å². The van der Waals surface area contributed by atoms with E-state index in [0.29, 0.717) is 30.2 Å². The van der Waals surface area contributed by atoms with Crippen molar-refractivity contribution in [2.75, 3.05) is 18.5 Å². The molecule has 38 heavy (non-hydrogen) atoms. The van der Waals surface area contributed by atoms with E-state index in [-0.39, 0.29) is 0 Å². The predicted molar refractivity (Wildman–Crippen MR) is 145 cm³/mol. The van der Waals surface area contributed by atoms with Gasteiger partial charge in [-0.1, -0.05) is 36.4 Å². The van der Waals surface area contributed by atoms with E-state index in [1.165, 1.54) is 5.56 Å². The first-order valence-corrected chi connectivity index (χ1v) is 13.0. The second-order valence-electron chi connectivity index (χ2n) is 10.2. The molecule has 3 N–H and O–H groups in total. The lowest BCUT2D eigenvalue weighted by molar-refractivity contribution is 0.0266. The van der Waals surface area contributed by atoms with E-state index in [9.17, 15) is 4.79 Å². The van der Waals surface area contributed by atoms with Crippen LogP contribution in [0.25, 0.3) is 22.4 Å². The third kappa shape index (κ3) is 3.82. The highest BCUT2D eigenvalue weighted by Gasteiger charge is 2.39. The molecule has 3 aromatic heterocycles. The summed E-state index contributed by atoms with van der Waals surface area (Å²) in [4.78, 5) is 19.6. The highest BCUT2D eigenvalue weighted by Crippen LogP contribution is 2.31. The molecule has 9 nitrogen and oxygen atoms in total. The number of amides is 1. The molecule has 9 heteroatoms. The number of primary amides is 1. The number of ether oxygens (including phenoxy) is 1. The monoisotopic (exact) mass is 507 g/mol. The number of hydrogen-bond donors (Lipinski definition) is 2. The van der Waals surface area contributed by atoms with Gasteiger partial charge in [0.1, 0.15) is 5.52 Å². The van der Waals surface area contributed by atoms with Crippen molar-refractivity contribution in [1.29, 1.82) is 0 Å². The summed E-state index contributed by atoms with van der Waals surface area (Å²) in [7, 11) is 0. The summed E-state index contributed by atoms with van der Waals surface area (Å²) in [6.45, 7) is 5.18. The number of nitrogens with two attached hydrogens (primary N) is 1. The van der Waals surface area contributed by atoms with Gasteiger partial charge in [-0.3, -0.25) is 14.3 Å². The van der Waals surface area contributed by atoms with Crippen molar-refractivity contribution < 1.29 is 9.53 Å². The van der Waals surface area contributed by atoms with Gasteiger partial charge in [0.05, 0.1) is 23.9 Å². The normalized spacial score (nSPS) is 19.1. The maximum absolute atomic E-state index is 12.1. The standard InChI is InChI=1S/C29H29N7O2/c1-18-12-24-23(27(30)37)8-5-9-25(24)35(18)29-32-28(31-14-19-6-3-2-4-7-19)26-11-10-20(36(26)33-29)15-34-16-22-13-21(34)17-38-22/h2-12,21-22H,13-17H2,1H3,(H2,30,37)(H,31,32,33)/t21-,22-/m1/s1. The number of anilines is 1. The van der Waals surface area contributed by atoms with E-state index in [0.717, 1.165) is 59.7 Å². The number of aryl methyl sites for hydroxylation is 1. The van der Waals surface area contributed by atoms with Gasteiger partial charge in [0.2, 0.25) is 5.91 Å². The molecule has 1 amide bonds. The topological polar surface area (TPSA) is 103 Å². The number of carbonyl (C=O) groups is 1. The Morgan fingerprint density at radius 1 is 1.11 bits per heavy atom. The zero-order valence-corrected chi connectivity index (χ0v) is 21.2. The number of rotatable bonds is 7. The van der Waals surface area contributed by atoms with Crippen LogP contribution in [0.15, 0.2) is 66.7 Å². The molecule has 2 aromatic carbocycles. The third-order valence-corrected chi connectivity index (χ3v) is 7.75. The molecule has 2 saturated heterocycles. The molecule has 2 aliphatic rings. The smallest absolute Gasteiger partial charge is 0.254 e. The molecule has 2 fully saturated rings. The number of benzene rings is 2. The number of nitrogens with zero attached hydrogens (tertiary/aromatic N) is 5. The Labute approximate surface area is 219 Å². The van der Waals surface area contributed by atoms with Gasteiger partial charge in [-0.25, -0.2) is 4.52 Å². The first-order valence-electron chi connectivity index (χ1n) is 13.0. The molecule has 192 valence electrons. The Morgan fingerprint density at radius 2 is 1.97 bits per heavy atom. The summed E-state index contributed by atoms with van der Waals surface area (Å²) in [5.41, 5.74) is 11.1. The van der Waals surface area contributed by atoms with Gasteiger partial charge in [0.15, 0.2) is 5.82 Å². The number of aromatic nitrogens is 4. The maximum Gasteiger partial charge on any atom is 0.254 e. The first kappa shape index (κ1) is 22.9. The molecule has 2 atom stereocenters. The van der Waals surface area contributed by atoms with Crippen molar-refractivity contribution in [2.24, 2.45) is 5.73 Å². The number of morpholine rings is 1. The number of hydrogen-bond acceptors (Lipinski definition) is 6. The Morgan fingerprint density at radius 3 is 2.74 bits per heavy atom. The molecular weight excluding hydrogens is 478 g/mol. The zero-order valence-electron chi connectivity index (χ0n) is 21.2. The summed E-state index contributed by atoms with van der Waals surface area (Å²) in [5, 5.41) is 9.37. The van der Waals surface area contributed by atoms with Crippen LogP contribution in [0.1, 0.15) is 33.7 Å². The van der Waals surface area contributed by atoms with E-state index in [1.807, 2.05) is 52.4 Å². The van der Waals surface area contributed by atoms with Crippen LogP contribution >= 0.6 is 0 Å². The van der Waals surface area contributed by atoms with Crippen molar-refractivity contribution in [3.05, 3.63) is 89.2 Å². The summed E-state index contributed by atoms with van der Waals surface area (Å²) >= 11 is 0. The largest absolute Gasteiger partial charge is 0.375 e. The van der Waals surface area contributed by atoms with Gasteiger partial charge >= 0.3 is 0 Å². The fourth-order valence-electron chi connectivity index (χ4n) is 5.89. The SMILES string of the molecule is Cc1cc2c(C(N)=O)cccc2n1-c1nc(NCc2ccccc2)c2ccc(CN3C[C@H]4C[C@@H]3CO4)n2n1. The number of likely N-dealkylation sites (tertiary alicyclic amines) is 1. The third-order valence-electron chi connectivity index (χ3n) is 7.75. The van der Waals surface area contributed by atoms with E-state index in [2.05, 4.69) is 34.5 Å². The molecule has 0 aliphatic carbocycles. The second-order valence-corrected chi connectivity index (χ2v) is 10.2. The second kappa shape index (κ2) is 8.97. The van der Waals surface area contributed by atoms with Gasteiger partial charge < -0.3 is 15.8 Å². The highest BCUT2D eigenvalue weighted by atomic mass is 16.5. The van der Waals surface area contributed by atoms with Crippen LogP contribution in [0.4, 0.5) is 5.82 Å². The van der Waals surface area contributed by atoms with Crippen molar-refractivity contribution >= 4 is 28.1 Å². The average molecular weight is 508 g/mol. The van der Waals surface area contributed by atoms with Crippen molar-refractivity contribution in [1.82, 2.24) is 24.1 Å². The van der Waals surface area contributed by atoms with Crippen LogP contribution in [-0.2, 0) is 17.8 Å². The van der Waals surface area contributed by atoms with E-state index >= 15 is 0 Å². The number of fused-ring (bicyclic) bond motifs is 4. The number of carbonyl (C=O) groups excluding carboxylic acids is 1. The van der Waals surface area contributed by atoms with E-state index < -0.39 is 5.91 Å². The molecule has 5 aromatic rings. The van der Waals surface area contributed by atoms with Gasteiger partial charge in [-0.05, 0) is 49.2 Å². The Kier molecular flexibility index (Phi) is 5.41. The predicted octanol–water partition coefficient (Wildman–Crippen LogP) is 3.67. The van der Waals surface area contributed by atoms with E-state index in [4.69, 9.17) is 20.6 Å². The Bertz CT molecular complexity index is 1670. The van der Waals surface area contributed by atoms with Crippen LogP contribution in [0, 0.1) is 6.92 Å². The molecule has 5 heterocycles. The maximum atomic E-state index is 12.1. The molecule has 0 unspecified atom stereocenters. The average Bonchev–Trinajstić information content (AvgIpc) is 3.71. The summed E-state index contributed by atoms with van der Waals surface area (Å²) in [6.07, 6.45) is 1.44. The molecule has 7 rings (SSSR count). The van der Waals surface area contributed by atoms with Gasteiger partial charge in [-0.2, -0.15) is 4.98 Å². The summed E-state index contributed by atoms with van der Waals surface area (Å²) < 4.78 is 9.81. The summed E-state index contributed by atoms with van der Waals surface area (Å²) in [5.74, 6) is 0.834. The lowest BCUT2D eigenvalue weighted by atomic mass is 10.1. The zero-order chi connectivity index (χ0) is 25.8. The van der Waals surface area contributed by atoms with Crippen LogP contribution in [-0.4, -0.2) is 55.3 Å². The molecule has 0 spiro atoms. The highest BCUT2D eigenvalue weighted by molar-refractivity contribution is 6.06. The molecule has 0 radical (unpaired) electrons. The van der Waals surface area contributed by atoms with Crippen molar-refractivity contribution in [3.63, 3.8) is 0 Å². The lowest BCUT2D eigenvalue weighted by Crippen LogP contribution is -2.36. The van der Waals surface area contributed by atoms with Crippen LogP contribution in [0.2, 0.25) is 0 Å². The molecule has 2 bridgehead atoms. The lowest BCUT2D eigenvalue weighted by Gasteiger charge is -2.26. The molecule has 2 aliphatic heterocycles. The molecular formula is C29H29N7O2. The van der Waals surface area contributed by atoms with Gasteiger partial charge in [0, 0.05) is 42.3 Å².